The van der Waals surface area contributed by atoms with Crippen LogP contribution in [0.25, 0.3) is 0 Å². The Kier molecular flexibility index (Phi) is 5.67. The number of benzene rings is 1. The molecular weight excluding hydrogens is 217 g/mol. The number of nitrogens with zero attached hydrogens (tertiary/aromatic N) is 1. The van der Waals surface area contributed by atoms with Gasteiger partial charge in [0.15, 0.2) is 0 Å². The molecule has 1 aromatic rings. The second-order valence-electron chi connectivity index (χ2n) is 4.24. The second kappa shape index (κ2) is 7.05. The molecule has 1 amide bonds. The normalized spacial score (nSPS) is 10.3. The summed E-state index contributed by atoms with van der Waals surface area (Å²) in [6.07, 6.45) is 2.79. The number of halogens is 1. The first kappa shape index (κ1) is 13.7. The van der Waals surface area contributed by atoms with Crippen LogP contribution in [-0.2, 0) is 11.2 Å². The van der Waals surface area contributed by atoms with E-state index in [0.717, 1.165) is 37.9 Å². The molecule has 0 fully saturated rings. The summed E-state index contributed by atoms with van der Waals surface area (Å²) in [7, 11) is 0. The van der Waals surface area contributed by atoms with Gasteiger partial charge in [0, 0.05) is 20.0 Å². The van der Waals surface area contributed by atoms with Crippen LogP contribution < -0.4 is 0 Å². The van der Waals surface area contributed by atoms with Gasteiger partial charge in [-0.1, -0.05) is 19.1 Å². The predicted molar refractivity (Wildman–Crippen MR) is 67.3 cm³/mol. The van der Waals surface area contributed by atoms with Crippen LogP contribution in [0.2, 0.25) is 0 Å². The highest BCUT2D eigenvalue weighted by atomic mass is 19.1. The molecule has 0 saturated carbocycles. The maximum Gasteiger partial charge on any atom is 0.219 e. The molecule has 0 aromatic heterocycles. The van der Waals surface area contributed by atoms with Crippen LogP contribution in [0.3, 0.4) is 0 Å². The quantitative estimate of drug-likeness (QED) is 0.744. The van der Waals surface area contributed by atoms with Gasteiger partial charge in [-0.05, 0) is 37.0 Å². The highest BCUT2D eigenvalue weighted by Crippen LogP contribution is 2.06. The van der Waals surface area contributed by atoms with Crippen LogP contribution in [0.1, 0.15) is 32.3 Å². The zero-order chi connectivity index (χ0) is 12.7. The Morgan fingerprint density at radius 1 is 1.24 bits per heavy atom. The molecule has 17 heavy (non-hydrogen) atoms. The molecule has 2 nitrogen and oxygen atoms in total. The van der Waals surface area contributed by atoms with Crippen LogP contribution in [0.4, 0.5) is 4.39 Å². The first-order valence-electron chi connectivity index (χ1n) is 6.13. The molecule has 0 atom stereocenters. The molecule has 1 aromatic carbocycles. The zero-order valence-electron chi connectivity index (χ0n) is 10.6. The number of rotatable bonds is 6. The minimum Gasteiger partial charge on any atom is -0.343 e. The van der Waals surface area contributed by atoms with E-state index in [9.17, 15) is 9.18 Å². The van der Waals surface area contributed by atoms with Crippen LogP contribution in [0.15, 0.2) is 24.3 Å². The van der Waals surface area contributed by atoms with Gasteiger partial charge in [0.25, 0.3) is 0 Å². The van der Waals surface area contributed by atoms with Crippen molar-refractivity contribution in [2.45, 2.75) is 33.1 Å². The molecule has 0 saturated heterocycles. The van der Waals surface area contributed by atoms with Gasteiger partial charge < -0.3 is 4.90 Å². The Labute approximate surface area is 102 Å². The van der Waals surface area contributed by atoms with Gasteiger partial charge >= 0.3 is 0 Å². The predicted octanol–water partition coefficient (Wildman–Crippen LogP) is 3.02. The maximum atomic E-state index is 12.7. The van der Waals surface area contributed by atoms with Crippen LogP contribution in [-0.4, -0.2) is 23.9 Å². The van der Waals surface area contributed by atoms with E-state index < -0.39 is 0 Å². The molecule has 1 rings (SSSR count). The molecule has 0 bridgehead atoms. The second-order valence-corrected chi connectivity index (χ2v) is 4.24. The number of carbonyl (C=O) groups excluding carboxylic acids is 1. The third-order valence-corrected chi connectivity index (χ3v) is 2.75. The Bertz CT molecular complexity index is 348. The minimum atomic E-state index is -0.204. The van der Waals surface area contributed by atoms with Crippen molar-refractivity contribution in [1.29, 1.82) is 0 Å². The Hall–Kier alpha value is -1.38. The number of amides is 1. The van der Waals surface area contributed by atoms with Crippen molar-refractivity contribution in [1.82, 2.24) is 4.90 Å². The topological polar surface area (TPSA) is 20.3 Å². The lowest BCUT2D eigenvalue weighted by Crippen LogP contribution is -2.30. The van der Waals surface area contributed by atoms with E-state index in [2.05, 4.69) is 6.92 Å². The molecule has 0 radical (unpaired) electrons. The fourth-order valence-electron chi connectivity index (χ4n) is 1.82. The number of hydrogen-bond acceptors (Lipinski definition) is 1. The van der Waals surface area contributed by atoms with E-state index in [0.29, 0.717) is 0 Å². The molecule has 0 aliphatic heterocycles. The van der Waals surface area contributed by atoms with Gasteiger partial charge in [-0.15, -0.1) is 0 Å². The summed E-state index contributed by atoms with van der Waals surface area (Å²) in [4.78, 5) is 13.2. The van der Waals surface area contributed by atoms with E-state index in [1.165, 1.54) is 12.1 Å². The van der Waals surface area contributed by atoms with Crippen molar-refractivity contribution < 1.29 is 9.18 Å². The van der Waals surface area contributed by atoms with E-state index in [-0.39, 0.29) is 11.7 Å². The van der Waals surface area contributed by atoms with E-state index in [1.54, 1.807) is 19.1 Å². The highest BCUT2D eigenvalue weighted by molar-refractivity contribution is 5.73. The number of hydrogen-bond donors (Lipinski definition) is 0. The zero-order valence-corrected chi connectivity index (χ0v) is 10.6. The van der Waals surface area contributed by atoms with Crippen molar-refractivity contribution in [2.24, 2.45) is 0 Å². The monoisotopic (exact) mass is 237 g/mol. The van der Waals surface area contributed by atoms with Gasteiger partial charge in [-0.3, -0.25) is 4.79 Å². The molecule has 0 spiro atoms. The Balaban J connectivity index is 2.35. The molecular formula is C14H20FNO. The average Bonchev–Trinajstić information content (AvgIpc) is 2.30. The molecule has 0 heterocycles. The largest absolute Gasteiger partial charge is 0.343 e. The van der Waals surface area contributed by atoms with E-state index >= 15 is 0 Å². The summed E-state index contributed by atoms with van der Waals surface area (Å²) in [6, 6.07) is 6.55. The van der Waals surface area contributed by atoms with Crippen molar-refractivity contribution in [3.8, 4) is 0 Å². The average molecular weight is 237 g/mol. The summed E-state index contributed by atoms with van der Waals surface area (Å²) in [5, 5.41) is 0. The summed E-state index contributed by atoms with van der Waals surface area (Å²) >= 11 is 0. The molecule has 0 aliphatic rings. The number of aryl methyl sites for hydroxylation is 1. The minimum absolute atomic E-state index is 0.131. The standard InChI is InChI=1S/C14H20FNO/c1-3-10-16(12(2)17)11-4-5-13-6-8-14(15)9-7-13/h6-9H,3-5,10-11H2,1-2H3. The summed E-state index contributed by atoms with van der Waals surface area (Å²) < 4.78 is 12.7. The van der Waals surface area contributed by atoms with E-state index in [1.807, 2.05) is 4.90 Å². The van der Waals surface area contributed by atoms with Gasteiger partial charge in [0.1, 0.15) is 5.82 Å². The molecule has 0 aliphatic carbocycles. The molecule has 94 valence electrons. The smallest absolute Gasteiger partial charge is 0.219 e. The Morgan fingerprint density at radius 3 is 2.41 bits per heavy atom. The molecule has 0 unspecified atom stereocenters. The SMILES string of the molecule is CCCN(CCCc1ccc(F)cc1)C(C)=O. The lowest BCUT2D eigenvalue weighted by Gasteiger charge is -2.20. The van der Waals surface area contributed by atoms with Gasteiger partial charge in [0.05, 0.1) is 0 Å². The van der Waals surface area contributed by atoms with Gasteiger partial charge in [0.2, 0.25) is 5.91 Å². The Morgan fingerprint density at radius 2 is 1.88 bits per heavy atom. The van der Waals surface area contributed by atoms with Gasteiger partial charge in [-0.25, -0.2) is 4.39 Å². The first-order valence-corrected chi connectivity index (χ1v) is 6.13. The van der Waals surface area contributed by atoms with Crippen LogP contribution >= 0.6 is 0 Å². The van der Waals surface area contributed by atoms with E-state index in [4.69, 9.17) is 0 Å². The fraction of sp³-hybridized carbons (Fsp3) is 0.500. The van der Waals surface area contributed by atoms with Crippen molar-refractivity contribution in [3.63, 3.8) is 0 Å². The summed E-state index contributed by atoms with van der Waals surface area (Å²) in [6.45, 7) is 5.27. The third kappa shape index (κ3) is 4.98. The molecule has 0 N–H and O–H groups in total. The molecule has 3 heteroatoms. The van der Waals surface area contributed by atoms with Crippen molar-refractivity contribution in [2.75, 3.05) is 13.1 Å². The first-order chi connectivity index (χ1) is 8.13. The lowest BCUT2D eigenvalue weighted by atomic mass is 10.1. The summed E-state index contributed by atoms with van der Waals surface area (Å²) in [5.41, 5.74) is 1.12. The van der Waals surface area contributed by atoms with Crippen molar-refractivity contribution in [3.05, 3.63) is 35.6 Å². The third-order valence-electron chi connectivity index (χ3n) is 2.75. The van der Waals surface area contributed by atoms with Gasteiger partial charge in [-0.2, -0.15) is 0 Å². The number of carbonyl (C=O) groups is 1. The maximum absolute atomic E-state index is 12.7. The summed E-state index contributed by atoms with van der Waals surface area (Å²) in [5.74, 6) is -0.0731. The van der Waals surface area contributed by atoms with Crippen molar-refractivity contribution >= 4 is 5.91 Å². The van der Waals surface area contributed by atoms with Crippen LogP contribution in [0.5, 0.6) is 0 Å². The lowest BCUT2D eigenvalue weighted by molar-refractivity contribution is -0.128. The highest BCUT2D eigenvalue weighted by Gasteiger charge is 2.06. The van der Waals surface area contributed by atoms with Crippen LogP contribution in [0, 0.1) is 5.82 Å². The fourth-order valence-corrected chi connectivity index (χ4v) is 1.82.